The van der Waals surface area contributed by atoms with Gasteiger partial charge in [-0.15, -0.1) is 22.0 Å². The minimum absolute atomic E-state index is 0.530. The number of thioether (sulfide) groups is 1. The molecule has 1 heterocycles. The van der Waals surface area contributed by atoms with E-state index in [1.807, 2.05) is 18.7 Å². The first-order valence-electron chi connectivity index (χ1n) is 5.80. The van der Waals surface area contributed by atoms with Crippen molar-refractivity contribution in [1.82, 2.24) is 10.2 Å². The zero-order valence-corrected chi connectivity index (χ0v) is 11.4. The van der Waals surface area contributed by atoms with Crippen LogP contribution in [0.25, 0.3) is 0 Å². The topological polar surface area (TPSA) is 25.8 Å². The van der Waals surface area contributed by atoms with E-state index in [0.29, 0.717) is 5.15 Å². The molecule has 1 aromatic rings. The van der Waals surface area contributed by atoms with Crippen LogP contribution in [0.5, 0.6) is 0 Å². The standard InChI is InChI=1S/C12H17ClN2S/c1-8-9(2)12(15-14-11(8)13)16-7-10-5-3-4-6-10/h10H,3-7H2,1-2H3. The van der Waals surface area contributed by atoms with Crippen molar-refractivity contribution in [2.24, 2.45) is 5.92 Å². The largest absolute Gasteiger partial charge is 0.154 e. The van der Waals surface area contributed by atoms with Gasteiger partial charge in [0.25, 0.3) is 0 Å². The SMILES string of the molecule is Cc1c(Cl)nnc(SCC2CCCC2)c1C. The highest BCUT2D eigenvalue weighted by Crippen LogP contribution is 2.32. The second kappa shape index (κ2) is 5.37. The van der Waals surface area contributed by atoms with Crippen LogP contribution in [0, 0.1) is 19.8 Å². The maximum atomic E-state index is 5.93. The lowest BCUT2D eigenvalue weighted by atomic mass is 10.1. The van der Waals surface area contributed by atoms with Gasteiger partial charge in [0.05, 0.1) is 0 Å². The Balaban J connectivity index is 2.01. The molecule has 1 fully saturated rings. The average Bonchev–Trinajstić information content (AvgIpc) is 2.78. The highest BCUT2D eigenvalue weighted by atomic mass is 35.5. The third kappa shape index (κ3) is 2.69. The molecule has 88 valence electrons. The van der Waals surface area contributed by atoms with Crippen LogP contribution in [0.1, 0.15) is 36.8 Å². The molecule has 4 heteroatoms. The number of hydrogen-bond acceptors (Lipinski definition) is 3. The number of halogens is 1. The van der Waals surface area contributed by atoms with E-state index >= 15 is 0 Å². The number of hydrogen-bond donors (Lipinski definition) is 0. The summed E-state index contributed by atoms with van der Waals surface area (Å²) in [5.41, 5.74) is 2.24. The van der Waals surface area contributed by atoms with E-state index in [2.05, 4.69) is 17.1 Å². The van der Waals surface area contributed by atoms with Crippen molar-refractivity contribution in [1.29, 1.82) is 0 Å². The summed E-state index contributed by atoms with van der Waals surface area (Å²) in [5.74, 6) is 2.05. The fourth-order valence-electron chi connectivity index (χ4n) is 2.07. The van der Waals surface area contributed by atoms with E-state index in [-0.39, 0.29) is 0 Å². The molecule has 2 nitrogen and oxygen atoms in total. The van der Waals surface area contributed by atoms with Crippen molar-refractivity contribution in [2.45, 2.75) is 44.6 Å². The van der Waals surface area contributed by atoms with Gasteiger partial charge in [-0.3, -0.25) is 0 Å². The van der Waals surface area contributed by atoms with Crippen LogP contribution >= 0.6 is 23.4 Å². The molecule has 0 saturated heterocycles. The summed E-state index contributed by atoms with van der Waals surface area (Å²) >= 11 is 7.77. The lowest BCUT2D eigenvalue weighted by molar-refractivity contribution is 0.622. The first-order valence-corrected chi connectivity index (χ1v) is 7.17. The van der Waals surface area contributed by atoms with Gasteiger partial charge in [0.15, 0.2) is 5.15 Å². The molecule has 0 unspecified atom stereocenters. The third-order valence-electron chi connectivity index (χ3n) is 3.35. The van der Waals surface area contributed by atoms with Gasteiger partial charge in [0.2, 0.25) is 0 Å². The van der Waals surface area contributed by atoms with Crippen LogP contribution in [-0.4, -0.2) is 16.0 Å². The van der Waals surface area contributed by atoms with E-state index in [1.54, 1.807) is 0 Å². The summed E-state index contributed by atoms with van der Waals surface area (Å²) in [5, 5.41) is 9.74. The summed E-state index contributed by atoms with van der Waals surface area (Å²) in [6.07, 6.45) is 5.56. The Kier molecular flexibility index (Phi) is 4.09. The van der Waals surface area contributed by atoms with Crippen LogP contribution in [0.3, 0.4) is 0 Å². The Morgan fingerprint density at radius 3 is 2.56 bits per heavy atom. The molecule has 16 heavy (non-hydrogen) atoms. The number of nitrogens with zero attached hydrogens (tertiary/aromatic N) is 2. The Morgan fingerprint density at radius 1 is 1.19 bits per heavy atom. The first-order chi connectivity index (χ1) is 7.68. The summed E-state index contributed by atoms with van der Waals surface area (Å²) < 4.78 is 0. The van der Waals surface area contributed by atoms with Gasteiger partial charge in [-0.25, -0.2) is 0 Å². The first kappa shape index (κ1) is 12.2. The second-order valence-corrected chi connectivity index (χ2v) is 5.87. The van der Waals surface area contributed by atoms with Gasteiger partial charge in [-0.05, 0) is 43.7 Å². The van der Waals surface area contributed by atoms with Crippen LogP contribution in [-0.2, 0) is 0 Å². The molecule has 0 aromatic carbocycles. The molecule has 0 aliphatic heterocycles. The summed E-state index contributed by atoms with van der Waals surface area (Å²) in [6.45, 7) is 4.08. The smallest absolute Gasteiger partial charge is 0.142 e. The molecule has 1 saturated carbocycles. The van der Waals surface area contributed by atoms with E-state index in [1.165, 1.54) is 37.0 Å². The molecule has 0 radical (unpaired) electrons. The van der Waals surface area contributed by atoms with Gasteiger partial charge in [-0.1, -0.05) is 24.4 Å². The minimum atomic E-state index is 0.530. The summed E-state index contributed by atoms with van der Waals surface area (Å²) in [4.78, 5) is 0. The molecule has 0 N–H and O–H groups in total. The Bertz CT molecular complexity index is 376. The van der Waals surface area contributed by atoms with Crippen LogP contribution in [0.2, 0.25) is 5.15 Å². The van der Waals surface area contributed by atoms with Gasteiger partial charge in [-0.2, -0.15) is 0 Å². The predicted octanol–water partition coefficient (Wildman–Crippen LogP) is 4.03. The number of rotatable bonds is 3. The maximum Gasteiger partial charge on any atom is 0.154 e. The van der Waals surface area contributed by atoms with Crippen LogP contribution in [0.4, 0.5) is 0 Å². The van der Waals surface area contributed by atoms with Crippen LogP contribution < -0.4 is 0 Å². The molecule has 2 rings (SSSR count). The van der Waals surface area contributed by atoms with E-state index in [4.69, 9.17) is 11.6 Å². The minimum Gasteiger partial charge on any atom is -0.142 e. The molecule has 0 atom stereocenters. The molecule has 1 aliphatic carbocycles. The monoisotopic (exact) mass is 256 g/mol. The highest BCUT2D eigenvalue weighted by molar-refractivity contribution is 7.99. The molecule has 0 spiro atoms. The quantitative estimate of drug-likeness (QED) is 0.764. The van der Waals surface area contributed by atoms with Gasteiger partial charge >= 0.3 is 0 Å². The van der Waals surface area contributed by atoms with E-state index < -0.39 is 0 Å². The molecule has 0 amide bonds. The second-order valence-electron chi connectivity index (χ2n) is 4.51. The van der Waals surface area contributed by atoms with Crippen molar-refractivity contribution < 1.29 is 0 Å². The predicted molar refractivity (Wildman–Crippen MR) is 69.2 cm³/mol. The lowest BCUT2D eigenvalue weighted by Gasteiger charge is -2.10. The van der Waals surface area contributed by atoms with Crippen LogP contribution in [0.15, 0.2) is 5.03 Å². The van der Waals surface area contributed by atoms with Crippen molar-refractivity contribution in [3.63, 3.8) is 0 Å². The lowest BCUT2D eigenvalue weighted by Crippen LogP contribution is -2.00. The summed E-state index contributed by atoms with van der Waals surface area (Å²) in [7, 11) is 0. The fraction of sp³-hybridized carbons (Fsp3) is 0.667. The normalized spacial score (nSPS) is 16.9. The van der Waals surface area contributed by atoms with E-state index in [9.17, 15) is 0 Å². The molecule has 1 aliphatic rings. The molecular weight excluding hydrogens is 240 g/mol. The van der Waals surface area contributed by atoms with Crippen molar-refractivity contribution in [2.75, 3.05) is 5.75 Å². The Morgan fingerprint density at radius 2 is 1.88 bits per heavy atom. The Labute approximate surface area is 106 Å². The number of aromatic nitrogens is 2. The molecular formula is C12H17ClN2S. The van der Waals surface area contributed by atoms with E-state index in [0.717, 1.165) is 16.5 Å². The van der Waals surface area contributed by atoms with Gasteiger partial charge in [0, 0.05) is 5.75 Å². The highest BCUT2D eigenvalue weighted by Gasteiger charge is 2.16. The van der Waals surface area contributed by atoms with Gasteiger partial charge < -0.3 is 0 Å². The summed E-state index contributed by atoms with van der Waals surface area (Å²) in [6, 6.07) is 0. The van der Waals surface area contributed by atoms with Crippen molar-refractivity contribution in [3.8, 4) is 0 Å². The zero-order valence-electron chi connectivity index (χ0n) is 9.79. The van der Waals surface area contributed by atoms with Gasteiger partial charge in [0.1, 0.15) is 5.03 Å². The average molecular weight is 257 g/mol. The fourth-order valence-corrected chi connectivity index (χ4v) is 3.44. The maximum absolute atomic E-state index is 5.93. The Hall–Kier alpha value is -0.280. The third-order valence-corrected chi connectivity index (χ3v) is 5.01. The van der Waals surface area contributed by atoms with Crippen molar-refractivity contribution in [3.05, 3.63) is 16.3 Å². The van der Waals surface area contributed by atoms with Crippen molar-refractivity contribution >= 4 is 23.4 Å². The zero-order chi connectivity index (χ0) is 11.5. The molecule has 1 aromatic heterocycles. The molecule has 0 bridgehead atoms.